The molecule has 1 atom stereocenters. The van der Waals surface area contributed by atoms with Crippen molar-refractivity contribution < 1.29 is 19.5 Å². The Balaban J connectivity index is 1.63. The molecule has 152 valence electrons. The van der Waals surface area contributed by atoms with E-state index in [9.17, 15) is 19.5 Å². The van der Waals surface area contributed by atoms with Crippen molar-refractivity contribution in [3.8, 4) is 0 Å². The predicted octanol–water partition coefficient (Wildman–Crippen LogP) is 2.08. The maximum Gasteiger partial charge on any atom is 0.313 e. The molecular formula is C22H25N3O4. The van der Waals surface area contributed by atoms with Gasteiger partial charge in [-0.15, -0.1) is 0 Å². The highest BCUT2D eigenvalue weighted by atomic mass is 16.3. The topological polar surface area (TPSA) is 98.7 Å². The van der Waals surface area contributed by atoms with E-state index in [1.165, 1.54) is 0 Å². The zero-order valence-corrected chi connectivity index (χ0v) is 16.6. The quantitative estimate of drug-likeness (QED) is 0.675. The summed E-state index contributed by atoms with van der Waals surface area (Å²) in [6.07, 6.45) is 1.32. The first-order valence-electron chi connectivity index (χ1n) is 9.56. The van der Waals surface area contributed by atoms with Gasteiger partial charge in [0.25, 0.3) is 0 Å². The summed E-state index contributed by atoms with van der Waals surface area (Å²) in [6, 6.07) is 14.1. The fraction of sp³-hybridized carbons (Fsp3) is 0.318. The molecule has 3 amide bonds. The first-order valence-corrected chi connectivity index (χ1v) is 9.56. The van der Waals surface area contributed by atoms with Gasteiger partial charge >= 0.3 is 11.8 Å². The number of carbonyl (C=O) groups is 3. The minimum absolute atomic E-state index is 0.0532. The van der Waals surface area contributed by atoms with Crippen molar-refractivity contribution in [2.24, 2.45) is 0 Å². The Kier molecular flexibility index (Phi) is 5.98. The fourth-order valence-corrected chi connectivity index (χ4v) is 3.30. The van der Waals surface area contributed by atoms with Crippen LogP contribution in [0.25, 0.3) is 0 Å². The van der Waals surface area contributed by atoms with Gasteiger partial charge in [-0.25, -0.2) is 0 Å². The van der Waals surface area contributed by atoms with Crippen LogP contribution in [0.15, 0.2) is 48.5 Å². The Morgan fingerprint density at radius 3 is 2.52 bits per heavy atom. The maximum absolute atomic E-state index is 12.3. The van der Waals surface area contributed by atoms with Crippen LogP contribution in [-0.4, -0.2) is 35.9 Å². The number of carbonyl (C=O) groups excluding carboxylic acids is 3. The number of hydrogen-bond acceptors (Lipinski definition) is 4. The number of nitrogens with one attached hydrogen (secondary N) is 2. The lowest BCUT2D eigenvalue weighted by Gasteiger charge is -2.24. The second-order valence-corrected chi connectivity index (χ2v) is 7.43. The van der Waals surface area contributed by atoms with E-state index in [0.29, 0.717) is 24.2 Å². The number of amides is 3. The van der Waals surface area contributed by atoms with E-state index in [-0.39, 0.29) is 12.5 Å². The third kappa shape index (κ3) is 4.81. The summed E-state index contributed by atoms with van der Waals surface area (Å²) in [4.78, 5) is 38.2. The van der Waals surface area contributed by atoms with Crippen LogP contribution in [0.5, 0.6) is 0 Å². The van der Waals surface area contributed by atoms with Crippen molar-refractivity contribution in [3.63, 3.8) is 0 Å². The first kappa shape index (κ1) is 20.5. The molecule has 1 saturated heterocycles. The average Bonchev–Trinajstić information content (AvgIpc) is 3.14. The van der Waals surface area contributed by atoms with Gasteiger partial charge in [-0.3, -0.25) is 14.4 Å². The van der Waals surface area contributed by atoms with E-state index in [1.807, 2.05) is 13.0 Å². The summed E-state index contributed by atoms with van der Waals surface area (Å²) in [5, 5.41) is 15.6. The second-order valence-electron chi connectivity index (χ2n) is 7.43. The third-order valence-electron chi connectivity index (χ3n) is 5.03. The smallest absolute Gasteiger partial charge is 0.313 e. The standard InChI is InChI=1S/C22H25N3O4/c1-15-10-11-17(13-18(15)25-12-6-9-19(25)26)24-21(28)20(27)23-14-22(2,29)16-7-4-3-5-8-16/h3-5,7-8,10-11,13,29H,6,9,12,14H2,1-2H3,(H,23,27)(H,24,28)/t22-/m0/s1. The molecule has 0 saturated carbocycles. The molecule has 3 N–H and O–H groups in total. The summed E-state index contributed by atoms with van der Waals surface area (Å²) in [5.74, 6) is -1.63. The molecule has 0 unspecified atom stereocenters. The molecule has 7 nitrogen and oxygen atoms in total. The Hall–Kier alpha value is -3.19. The molecule has 1 fully saturated rings. The van der Waals surface area contributed by atoms with Gasteiger partial charge < -0.3 is 20.6 Å². The highest BCUT2D eigenvalue weighted by molar-refractivity contribution is 6.39. The SMILES string of the molecule is Cc1ccc(NC(=O)C(=O)NC[C@](C)(O)c2ccccc2)cc1N1CCCC1=O. The van der Waals surface area contributed by atoms with Crippen molar-refractivity contribution in [1.82, 2.24) is 5.32 Å². The molecule has 2 aromatic rings. The summed E-state index contributed by atoms with van der Waals surface area (Å²) >= 11 is 0. The van der Waals surface area contributed by atoms with Crippen molar-refractivity contribution in [3.05, 3.63) is 59.7 Å². The number of benzene rings is 2. The largest absolute Gasteiger partial charge is 0.384 e. The Bertz CT molecular complexity index is 925. The van der Waals surface area contributed by atoms with Crippen LogP contribution in [-0.2, 0) is 20.0 Å². The molecule has 3 rings (SSSR count). The van der Waals surface area contributed by atoms with E-state index >= 15 is 0 Å². The van der Waals surface area contributed by atoms with Crippen molar-refractivity contribution in [1.29, 1.82) is 0 Å². The van der Waals surface area contributed by atoms with Gasteiger partial charge in [0.2, 0.25) is 5.91 Å². The van der Waals surface area contributed by atoms with Gasteiger partial charge in [0.05, 0.1) is 6.54 Å². The van der Waals surface area contributed by atoms with Crippen LogP contribution >= 0.6 is 0 Å². The number of nitrogens with zero attached hydrogens (tertiary/aromatic N) is 1. The van der Waals surface area contributed by atoms with E-state index < -0.39 is 17.4 Å². The zero-order chi connectivity index (χ0) is 21.0. The van der Waals surface area contributed by atoms with Crippen molar-refractivity contribution in [2.45, 2.75) is 32.3 Å². The lowest BCUT2D eigenvalue weighted by atomic mass is 9.96. The Morgan fingerprint density at radius 1 is 1.14 bits per heavy atom. The van der Waals surface area contributed by atoms with Crippen LogP contribution in [0, 0.1) is 6.92 Å². The fourth-order valence-electron chi connectivity index (χ4n) is 3.30. The van der Waals surface area contributed by atoms with E-state index in [2.05, 4.69) is 10.6 Å². The molecule has 0 spiro atoms. The predicted molar refractivity (Wildman–Crippen MR) is 110 cm³/mol. The van der Waals surface area contributed by atoms with Crippen LogP contribution in [0.2, 0.25) is 0 Å². The molecule has 1 aliphatic heterocycles. The molecule has 2 aromatic carbocycles. The zero-order valence-electron chi connectivity index (χ0n) is 16.6. The average molecular weight is 395 g/mol. The lowest BCUT2D eigenvalue weighted by molar-refractivity contribution is -0.136. The summed E-state index contributed by atoms with van der Waals surface area (Å²) in [5.41, 5.74) is 1.42. The van der Waals surface area contributed by atoms with Gasteiger partial charge in [-0.05, 0) is 43.5 Å². The summed E-state index contributed by atoms with van der Waals surface area (Å²) in [6.45, 7) is 4.00. The molecule has 0 aromatic heterocycles. The molecule has 1 heterocycles. The first-order chi connectivity index (χ1) is 13.8. The Morgan fingerprint density at radius 2 is 1.86 bits per heavy atom. The molecular weight excluding hydrogens is 370 g/mol. The van der Waals surface area contributed by atoms with E-state index in [4.69, 9.17) is 0 Å². The van der Waals surface area contributed by atoms with Crippen LogP contribution in [0.1, 0.15) is 30.9 Å². The van der Waals surface area contributed by atoms with Crippen LogP contribution in [0.4, 0.5) is 11.4 Å². The normalized spacial score (nSPS) is 15.7. The molecule has 0 aliphatic carbocycles. The van der Waals surface area contributed by atoms with E-state index in [1.54, 1.807) is 54.3 Å². The molecule has 7 heteroatoms. The van der Waals surface area contributed by atoms with Gasteiger partial charge in [0.1, 0.15) is 5.60 Å². The van der Waals surface area contributed by atoms with Crippen molar-refractivity contribution in [2.75, 3.05) is 23.3 Å². The Labute approximate surface area is 169 Å². The number of anilines is 2. The minimum Gasteiger partial charge on any atom is -0.384 e. The van der Waals surface area contributed by atoms with Crippen molar-refractivity contribution >= 4 is 29.1 Å². The van der Waals surface area contributed by atoms with Gasteiger partial charge in [-0.2, -0.15) is 0 Å². The van der Waals surface area contributed by atoms with Crippen LogP contribution < -0.4 is 15.5 Å². The van der Waals surface area contributed by atoms with Gasteiger partial charge in [0, 0.05) is 24.3 Å². The minimum atomic E-state index is -1.30. The molecule has 1 aliphatic rings. The highest BCUT2D eigenvalue weighted by Gasteiger charge is 2.26. The molecule has 29 heavy (non-hydrogen) atoms. The number of rotatable bonds is 5. The molecule has 0 bridgehead atoms. The number of hydrogen-bond donors (Lipinski definition) is 3. The van der Waals surface area contributed by atoms with E-state index in [0.717, 1.165) is 17.7 Å². The summed E-state index contributed by atoms with van der Waals surface area (Å²) in [7, 11) is 0. The summed E-state index contributed by atoms with van der Waals surface area (Å²) < 4.78 is 0. The molecule has 0 radical (unpaired) electrons. The lowest BCUT2D eigenvalue weighted by Crippen LogP contribution is -2.43. The monoisotopic (exact) mass is 395 g/mol. The number of aryl methyl sites for hydroxylation is 1. The van der Waals surface area contributed by atoms with Crippen LogP contribution in [0.3, 0.4) is 0 Å². The van der Waals surface area contributed by atoms with Gasteiger partial charge in [0.15, 0.2) is 0 Å². The second kappa shape index (κ2) is 8.45. The number of aliphatic hydroxyl groups is 1. The maximum atomic E-state index is 12.3. The highest BCUT2D eigenvalue weighted by Crippen LogP contribution is 2.28. The third-order valence-corrected chi connectivity index (χ3v) is 5.03. The van der Waals surface area contributed by atoms with Gasteiger partial charge in [-0.1, -0.05) is 36.4 Å².